The van der Waals surface area contributed by atoms with E-state index in [1.165, 1.54) is 11.3 Å². The van der Waals surface area contributed by atoms with Crippen LogP contribution < -0.4 is 5.32 Å². The highest BCUT2D eigenvalue weighted by molar-refractivity contribution is 7.14. The summed E-state index contributed by atoms with van der Waals surface area (Å²) in [5, 5.41) is 3.61. The van der Waals surface area contributed by atoms with Gasteiger partial charge in [0.05, 0.1) is 12.1 Å². The molecule has 0 aromatic carbocycles. The number of ether oxygens (including phenoxy) is 1. The molecule has 0 atom stereocenters. The van der Waals surface area contributed by atoms with E-state index in [1.54, 1.807) is 19.5 Å². The van der Waals surface area contributed by atoms with Gasteiger partial charge in [0.2, 0.25) is 0 Å². The molecule has 0 radical (unpaired) electrons. The molecular weight excluding hydrogens is 176 g/mol. The van der Waals surface area contributed by atoms with Crippen molar-refractivity contribution in [1.29, 1.82) is 0 Å². The molecular formula is C7H10N2O2S. The molecule has 1 aromatic rings. The highest BCUT2D eigenvalue weighted by Gasteiger charge is 2.14. The van der Waals surface area contributed by atoms with Crippen LogP contribution in [-0.2, 0) is 4.74 Å². The van der Waals surface area contributed by atoms with Crippen LogP contribution in [0.5, 0.6) is 0 Å². The van der Waals surface area contributed by atoms with E-state index in [0.29, 0.717) is 12.3 Å². The van der Waals surface area contributed by atoms with Crippen molar-refractivity contribution in [3.05, 3.63) is 11.2 Å². The second kappa shape index (κ2) is 4.06. The van der Waals surface area contributed by atoms with Crippen LogP contribution in [0.1, 0.15) is 17.4 Å². The van der Waals surface area contributed by atoms with Crippen LogP contribution in [0.2, 0.25) is 0 Å². The van der Waals surface area contributed by atoms with Gasteiger partial charge in [-0.2, -0.15) is 0 Å². The van der Waals surface area contributed by atoms with Crippen molar-refractivity contribution in [2.45, 2.75) is 6.92 Å². The van der Waals surface area contributed by atoms with Crippen molar-refractivity contribution < 1.29 is 9.53 Å². The Kier molecular flexibility index (Phi) is 3.04. The van der Waals surface area contributed by atoms with Crippen molar-refractivity contribution in [2.24, 2.45) is 0 Å². The molecule has 1 heterocycles. The number of nitrogens with one attached hydrogen (secondary N) is 1. The lowest BCUT2D eigenvalue weighted by molar-refractivity contribution is 0.0521. The van der Waals surface area contributed by atoms with Crippen LogP contribution in [0.3, 0.4) is 0 Å². The molecule has 4 nitrogen and oxygen atoms in total. The molecule has 1 rings (SSSR count). The first kappa shape index (κ1) is 8.99. The maximum Gasteiger partial charge on any atom is 0.360 e. The van der Waals surface area contributed by atoms with Gasteiger partial charge in [-0.3, -0.25) is 0 Å². The molecule has 0 unspecified atom stereocenters. The molecule has 1 N–H and O–H groups in total. The average Bonchev–Trinajstić information content (AvgIpc) is 2.51. The summed E-state index contributed by atoms with van der Waals surface area (Å²) in [6, 6.07) is 0. The van der Waals surface area contributed by atoms with Gasteiger partial charge in [0.25, 0.3) is 0 Å². The molecule has 1 aromatic heterocycles. The van der Waals surface area contributed by atoms with E-state index in [-0.39, 0.29) is 5.97 Å². The lowest BCUT2D eigenvalue weighted by Crippen LogP contribution is -2.07. The number of hydrogen-bond acceptors (Lipinski definition) is 5. The Labute approximate surface area is 74.6 Å². The number of nitrogens with zero attached hydrogens (tertiary/aromatic N) is 1. The van der Waals surface area contributed by atoms with E-state index < -0.39 is 0 Å². The molecule has 66 valence electrons. The van der Waals surface area contributed by atoms with E-state index in [1.807, 2.05) is 0 Å². The Bertz CT molecular complexity index is 272. The standard InChI is InChI=1S/C7H10N2O2S/c1-3-11-7(10)5-6(8-2)12-4-9-5/h4,8H,3H2,1-2H3. The van der Waals surface area contributed by atoms with Gasteiger partial charge in [-0.15, -0.1) is 11.3 Å². The van der Waals surface area contributed by atoms with Crippen LogP contribution in [0.4, 0.5) is 5.00 Å². The smallest absolute Gasteiger partial charge is 0.360 e. The summed E-state index contributed by atoms with van der Waals surface area (Å²) in [7, 11) is 1.75. The topological polar surface area (TPSA) is 51.2 Å². The van der Waals surface area contributed by atoms with E-state index in [9.17, 15) is 4.79 Å². The van der Waals surface area contributed by atoms with Crippen molar-refractivity contribution in [3.8, 4) is 0 Å². The summed E-state index contributed by atoms with van der Waals surface area (Å²) in [6.07, 6.45) is 0. The Morgan fingerprint density at radius 1 is 1.83 bits per heavy atom. The van der Waals surface area contributed by atoms with Crippen molar-refractivity contribution in [1.82, 2.24) is 4.98 Å². The van der Waals surface area contributed by atoms with E-state index in [4.69, 9.17) is 4.74 Å². The zero-order valence-electron chi connectivity index (χ0n) is 6.96. The molecule has 0 aliphatic heterocycles. The molecule has 0 amide bonds. The maximum absolute atomic E-state index is 11.2. The SMILES string of the molecule is CCOC(=O)c1ncsc1NC. The maximum atomic E-state index is 11.2. The van der Waals surface area contributed by atoms with Crippen molar-refractivity contribution in [2.75, 3.05) is 19.0 Å². The van der Waals surface area contributed by atoms with Crippen molar-refractivity contribution >= 4 is 22.3 Å². The molecule has 0 saturated heterocycles. The molecule has 5 heteroatoms. The number of hydrogen-bond donors (Lipinski definition) is 1. The second-order valence-corrected chi connectivity index (χ2v) is 2.86. The van der Waals surface area contributed by atoms with Gasteiger partial charge in [-0.1, -0.05) is 0 Å². The Morgan fingerprint density at radius 2 is 2.58 bits per heavy atom. The monoisotopic (exact) mass is 186 g/mol. The average molecular weight is 186 g/mol. The van der Waals surface area contributed by atoms with Gasteiger partial charge < -0.3 is 10.1 Å². The van der Waals surface area contributed by atoms with E-state index in [2.05, 4.69) is 10.3 Å². The van der Waals surface area contributed by atoms with E-state index in [0.717, 1.165) is 5.00 Å². The number of carbonyl (C=O) groups is 1. The third kappa shape index (κ3) is 1.73. The van der Waals surface area contributed by atoms with Gasteiger partial charge in [-0.25, -0.2) is 9.78 Å². The fourth-order valence-corrected chi connectivity index (χ4v) is 1.40. The summed E-state index contributed by atoms with van der Waals surface area (Å²) >= 11 is 1.38. The molecule has 0 aliphatic rings. The van der Waals surface area contributed by atoms with Gasteiger partial charge in [0, 0.05) is 7.05 Å². The van der Waals surface area contributed by atoms with Crippen molar-refractivity contribution in [3.63, 3.8) is 0 Å². The quantitative estimate of drug-likeness (QED) is 0.724. The summed E-state index contributed by atoms with van der Waals surface area (Å²) in [5.74, 6) is -0.372. The summed E-state index contributed by atoms with van der Waals surface area (Å²) in [4.78, 5) is 15.1. The normalized spacial score (nSPS) is 9.50. The minimum atomic E-state index is -0.372. The van der Waals surface area contributed by atoms with Crippen LogP contribution in [0.15, 0.2) is 5.51 Å². The van der Waals surface area contributed by atoms with Gasteiger partial charge in [-0.05, 0) is 6.92 Å². The fraction of sp³-hybridized carbons (Fsp3) is 0.429. The van der Waals surface area contributed by atoms with Crippen LogP contribution >= 0.6 is 11.3 Å². The first-order valence-corrected chi connectivity index (χ1v) is 4.46. The number of esters is 1. The Balaban J connectivity index is 2.79. The highest BCUT2D eigenvalue weighted by atomic mass is 32.1. The predicted molar refractivity (Wildman–Crippen MR) is 47.6 cm³/mol. The zero-order valence-corrected chi connectivity index (χ0v) is 7.77. The second-order valence-electron chi connectivity index (χ2n) is 2.00. The third-order valence-electron chi connectivity index (χ3n) is 1.26. The molecule has 0 saturated carbocycles. The minimum absolute atomic E-state index is 0.365. The minimum Gasteiger partial charge on any atom is -0.461 e. The van der Waals surface area contributed by atoms with Crippen LogP contribution in [0, 0.1) is 0 Å². The molecule has 0 bridgehead atoms. The summed E-state index contributed by atoms with van der Waals surface area (Å²) in [6.45, 7) is 2.14. The Morgan fingerprint density at radius 3 is 3.17 bits per heavy atom. The number of thiazole rings is 1. The van der Waals surface area contributed by atoms with E-state index >= 15 is 0 Å². The lowest BCUT2D eigenvalue weighted by atomic mass is 10.4. The largest absolute Gasteiger partial charge is 0.461 e. The first-order valence-electron chi connectivity index (χ1n) is 3.58. The lowest BCUT2D eigenvalue weighted by Gasteiger charge is -2.00. The van der Waals surface area contributed by atoms with Gasteiger partial charge >= 0.3 is 5.97 Å². The molecule has 0 fully saturated rings. The summed E-state index contributed by atoms with van der Waals surface area (Å²) in [5.41, 5.74) is 1.97. The number of anilines is 1. The van der Waals surface area contributed by atoms with Crippen LogP contribution in [-0.4, -0.2) is 24.6 Å². The molecule has 0 aliphatic carbocycles. The zero-order chi connectivity index (χ0) is 8.97. The fourth-order valence-electron chi connectivity index (χ4n) is 0.768. The predicted octanol–water partition coefficient (Wildman–Crippen LogP) is 1.36. The van der Waals surface area contributed by atoms with Gasteiger partial charge in [0.1, 0.15) is 5.00 Å². The number of aromatic nitrogens is 1. The third-order valence-corrected chi connectivity index (χ3v) is 2.11. The molecule has 12 heavy (non-hydrogen) atoms. The van der Waals surface area contributed by atoms with Crippen LogP contribution in [0.25, 0.3) is 0 Å². The summed E-state index contributed by atoms with van der Waals surface area (Å²) < 4.78 is 4.79. The Hall–Kier alpha value is -1.10. The highest BCUT2D eigenvalue weighted by Crippen LogP contribution is 2.19. The number of rotatable bonds is 3. The molecule has 0 spiro atoms. The first-order chi connectivity index (χ1) is 5.79. The number of carbonyl (C=O) groups excluding carboxylic acids is 1. The van der Waals surface area contributed by atoms with Gasteiger partial charge in [0.15, 0.2) is 5.69 Å².